The number of nitrogens with one attached hydrogen (secondary N) is 1. The van der Waals surface area contributed by atoms with Crippen LogP contribution in [-0.2, 0) is 4.79 Å². The van der Waals surface area contributed by atoms with Gasteiger partial charge in [-0.05, 0) is 31.5 Å². The number of benzene rings is 1. The Hall–Kier alpha value is -2.42. The van der Waals surface area contributed by atoms with E-state index in [2.05, 4.69) is 20.3 Å². The third kappa shape index (κ3) is 4.04. The van der Waals surface area contributed by atoms with Gasteiger partial charge >= 0.3 is 0 Å². The van der Waals surface area contributed by atoms with Crippen molar-refractivity contribution in [3.05, 3.63) is 29.6 Å². The molecule has 0 spiro atoms. The maximum absolute atomic E-state index is 13.5. The lowest BCUT2D eigenvalue weighted by molar-refractivity contribution is -0.115. The number of nitrogens with two attached hydrogens (primary N) is 2. The Labute approximate surface area is 130 Å². The molecule has 0 aliphatic rings. The van der Waals surface area contributed by atoms with Crippen molar-refractivity contribution in [3.8, 4) is 0 Å². The molecule has 0 fully saturated rings. The van der Waals surface area contributed by atoms with Crippen molar-refractivity contribution in [1.82, 2.24) is 15.0 Å². The lowest BCUT2D eigenvalue weighted by Gasteiger charge is -2.11. The highest BCUT2D eigenvalue weighted by Crippen LogP contribution is 2.22. The Morgan fingerprint density at radius 3 is 2.50 bits per heavy atom. The van der Waals surface area contributed by atoms with E-state index >= 15 is 0 Å². The highest BCUT2D eigenvalue weighted by molar-refractivity contribution is 8.00. The first-order valence-corrected chi connectivity index (χ1v) is 7.24. The molecule has 0 bridgehead atoms. The summed E-state index contributed by atoms with van der Waals surface area (Å²) in [7, 11) is 0. The molecule has 0 radical (unpaired) electrons. The average molecular weight is 322 g/mol. The lowest BCUT2D eigenvalue weighted by Crippen LogP contribution is -2.23. The molecule has 22 heavy (non-hydrogen) atoms. The largest absolute Gasteiger partial charge is 0.368 e. The molecule has 2 rings (SSSR count). The number of nitrogen functional groups attached to an aromatic ring is 2. The molecule has 5 N–H and O–H groups in total. The number of aromatic nitrogens is 3. The van der Waals surface area contributed by atoms with E-state index in [1.54, 1.807) is 26.0 Å². The SMILES string of the molecule is Cc1ccc(NC(=O)C(C)Sc2nc(N)nc(N)n2)cc1F. The quantitative estimate of drug-likeness (QED) is 0.731. The fourth-order valence-electron chi connectivity index (χ4n) is 1.57. The molecule has 1 aromatic heterocycles. The summed E-state index contributed by atoms with van der Waals surface area (Å²) in [4.78, 5) is 23.5. The normalized spacial score (nSPS) is 12.0. The van der Waals surface area contributed by atoms with E-state index in [1.807, 2.05) is 0 Å². The second-order valence-electron chi connectivity index (χ2n) is 4.55. The maximum atomic E-state index is 13.5. The van der Waals surface area contributed by atoms with Gasteiger partial charge in [-0.25, -0.2) is 4.39 Å². The smallest absolute Gasteiger partial charge is 0.237 e. The minimum atomic E-state index is -0.523. The van der Waals surface area contributed by atoms with Crippen molar-refractivity contribution in [1.29, 1.82) is 0 Å². The molecule has 1 atom stereocenters. The number of carbonyl (C=O) groups is 1. The van der Waals surface area contributed by atoms with E-state index in [-0.39, 0.29) is 28.8 Å². The summed E-state index contributed by atoms with van der Waals surface area (Å²) in [6.45, 7) is 3.32. The van der Waals surface area contributed by atoms with Gasteiger partial charge in [-0.2, -0.15) is 15.0 Å². The van der Waals surface area contributed by atoms with E-state index in [1.165, 1.54) is 6.07 Å². The van der Waals surface area contributed by atoms with Gasteiger partial charge in [0.15, 0.2) is 5.16 Å². The summed E-state index contributed by atoms with van der Waals surface area (Å²) in [5, 5.41) is 2.36. The molecule has 1 amide bonds. The molecule has 9 heteroatoms. The number of rotatable bonds is 4. The Morgan fingerprint density at radius 1 is 1.27 bits per heavy atom. The van der Waals surface area contributed by atoms with Gasteiger partial charge in [0, 0.05) is 5.69 Å². The van der Waals surface area contributed by atoms with E-state index < -0.39 is 5.25 Å². The van der Waals surface area contributed by atoms with E-state index in [4.69, 9.17) is 11.5 Å². The van der Waals surface area contributed by atoms with Gasteiger partial charge in [0.2, 0.25) is 17.8 Å². The summed E-state index contributed by atoms with van der Waals surface area (Å²) in [5.74, 6) is -0.714. The van der Waals surface area contributed by atoms with E-state index in [9.17, 15) is 9.18 Å². The van der Waals surface area contributed by atoms with E-state index in [0.29, 0.717) is 11.3 Å². The molecule has 1 heterocycles. The fourth-order valence-corrected chi connectivity index (χ4v) is 2.34. The molecule has 1 unspecified atom stereocenters. The zero-order valence-electron chi connectivity index (χ0n) is 12.0. The van der Waals surface area contributed by atoms with Gasteiger partial charge in [0.1, 0.15) is 5.82 Å². The number of carbonyl (C=O) groups excluding carboxylic acids is 1. The van der Waals surface area contributed by atoms with Gasteiger partial charge in [0.05, 0.1) is 5.25 Å². The highest BCUT2D eigenvalue weighted by Gasteiger charge is 2.17. The third-order valence-corrected chi connectivity index (χ3v) is 3.70. The van der Waals surface area contributed by atoms with Gasteiger partial charge < -0.3 is 16.8 Å². The summed E-state index contributed by atoms with van der Waals surface area (Å²) >= 11 is 1.08. The second-order valence-corrected chi connectivity index (χ2v) is 5.86. The van der Waals surface area contributed by atoms with Crippen LogP contribution in [0.15, 0.2) is 23.4 Å². The number of halogens is 1. The van der Waals surface area contributed by atoms with Crippen LogP contribution in [0.3, 0.4) is 0 Å². The van der Waals surface area contributed by atoms with Crippen molar-refractivity contribution in [2.75, 3.05) is 16.8 Å². The number of nitrogens with zero attached hydrogens (tertiary/aromatic N) is 3. The van der Waals surface area contributed by atoms with Crippen LogP contribution in [0.5, 0.6) is 0 Å². The Bertz CT molecular complexity index is 691. The molecule has 2 aromatic rings. The summed E-state index contributed by atoms with van der Waals surface area (Å²) in [6.07, 6.45) is 0. The first kappa shape index (κ1) is 16.0. The fraction of sp³-hybridized carbons (Fsp3) is 0.231. The Kier molecular flexibility index (Phi) is 4.76. The maximum Gasteiger partial charge on any atom is 0.237 e. The van der Waals surface area contributed by atoms with Gasteiger partial charge in [-0.3, -0.25) is 4.79 Å². The van der Waals surface area contributed by atoms with Crippen LogP contribution in [0.1, 0.15) is 12.5 Å². The third-order valence-electron chi connectivity index (χ3n) is 2.74. The molecule has 1 aromatic carbocycles. The zero-order chi connectivity index (χ0) is 16.3. The van der Waals surface area contributed by atoms with E-state index in [0.717, 1.165) is 11.8 Å². The lowest BCUT2D eigenvalue weighted by atomic mass is 10.2. The summed E-state index contributed by atoms with van der Waals surface area (Å²) in [5.41, 5.74) is 11.8. The number of thioether (sulfide) groups is 1. The van der Waals surface area contributed by atoms with Crippen molar-refractivity contribution in [3.63, 3.8) is 0 Å². The first-order chi connectivity index (χ1) is 10.3. The topological polar surface area (TPSA) is 120 Å². The van der Waals surface area contributed by atoms with Gasteiger partial charge in [0.25, 0.3) is 0 Å². The molecular weight excluding hydrogens is 307 g/mol. The van der Waals surface area contributed by atoms with Gasteiger partial charge in [-0.1, -0.05) is 17.8 Å². The van der Waals surface area contributed by atoms with Crippen LogP contribution in [0.25, 0.3) is 0 Å². The number of anilines is 3. The summed E-state index contributed by atoms with van der Waals surface area (Å²) < 4.78 is 13.5. The average Bonchev–Trinajstić information content (AvgIpc) is 2.41. The van der Waals surface area contributed by atoms with Crippen LogP contribution in [-0.4, -0.2) is 26.1 Å². The van der Waals surface area contributed by atoms with Crippen molar-refractivity contribution < 1.29 is 9.18 Å². The summed E-state index contributed by atoms with van der Waals surface area (Å²) in [6, 6.07) is 4.49. The first-order valence-electron chi connectivity index (χ1n) is 6.36. The second kappa shape index (κ2) is 6.56. The Morgan fingerprint density at radius 2 is 1.91 bits per heavy atom. The molecule has 0 aliphatic heterocycles. The molecule has 7 nitrogen and oxygen atoms in total. The monoisotopic (exact) mass is 322 g/mol. The van der Waals surface area contributed by atoms with Crippen LogP contribution < -0.4 is 16.8 Å². The number of amides is 1. The van der Waals surface area contributed by atoms with Crippen molar-refractivity contribution >= 4 is 35.3 Å². The van der Waals surface area contributed by atoms with Crippen LogP contribution in [0, 0.1) is 12.7 Å². The number of hydrogen-bond donors (Lipinski definition) is 3. The predicted molar refractivity (Wildman–Crippen MR) is 83.7 cm³/mol. The van der Waals surface area contributed by atoms with Crippen LogP contribution in [0.4, 0.5) is 22.0 Å². The molecule has 116 valence electrons. The van der Waals surface area contributed by atoms with Crippen LogP contribution in [0.2, 0.25) is 0 Å². The standard InChI is InChI=1S/C13H15FN6OS/c1-6-3-4-8(5-9(6)14)17-10(21)7(2)22-13-19-11(15)18-12(16)20-13/h3-5,7H,1-2H3,(H,17,21)(H4,15,16,18,19,20). The number of hydrogen-bond acceptors (Lipinski definition) is 7. The molecule has 0 saturated carbocycles. The molecule has 0 aliphatic carbocycles. The predicted octanol–water partition coefficient (Wildman–Crippen LogP) is 1.60. The minimum absolute atomic E-state index is 0.0109. The minimum Gasteiger partial charge on any atom is -0.368 e. The zero-order valence-corrected chi connectivity index (χ0v) is 12.8. The van der Waals surface area contributed by atoms with Crippen molar-refractivity contribution in [2.45, 2.75) is 24.3 Å². The highest BCUT2D eigenvalue weighted by atomic mass is 32.2. The van der Waals surface area contributed by atoms with Crippen molar-refractivity contribution in [2.24, 2.45) is 0 Å². The molecule has 0 saturated heterocycles. The van der Waals surface area contributed by atoms with Gasteiger partial charge in [-0.15, -0.1) is 0 Å². The molecular formula is C13H15FN6OS. The number of aryl methyl sites for hydroxylation is 1. The Balaban J connectivity index is 2.04. The van der Waals surface area contributed by atoms with Crippen LogP contribution >= 0.6 is 11.8 Å².